The molecule has 0 amide bonds. The molecule has 0 aromatic heterocycles. The Morgan fingerprint density at radius 3 is 2.32 bits per heavy atom. The molecule has 0 unspecified atom stereocenters. The van der Waals surface area contributed by atoms with E-state index in [0.29, 0.717) is 0 Å². The van der Waals surface area contributed by atoms with E-state index in [9.17, 15) is 0 Å². The topological polar surface area (TPSA) is 15.3 Å². The van der Waals surface area contributed by atoms with Crippen LogP contribution in [0.1, 0.15) is 11.1 Å². The zero-order valence-corrected chi connectivity index (χ0v) is 11.8. The van der Waals surface area contributed by atoms with Crippen LogP contribution in [0.2, 0.25) is 0 Å². The largest absolute Gasteiger partial charge is 0.384 e. The Labute approximate surface area is 116 Å². The second kappa shape index (κ2) is 6.95. The van der Waals surface area contributed by atoms with E-state index in [0.717, 1.165) is 19.5 Å². The van der Waals surface area contributed by atoms with Crippen LogP contribution >= 0.6 is 0 Å². The quantitative estimate of drug-likeness (QED) is 0.850. The van der Waals surface area contributed by atoms with Crippen molar-refractivity contribution in [2.75, 3.05) is 26.0 Å². The molecule has 19 heavy (non-hydrogen) atoms. The van der Waals surface area contributed by atoms with Crippen LogP contribution in [0, 0.1) is 0 Å². The lowest BCUT2D eigenvalue weighted by Crippen LogP contribution is -2.13. The predicted molar refractivity (Wildman–Crippen MR) is 82.5 cm³/mol. The van der Waals surface area contributed by atoms with Gasteiger partial charge >= 0.3 is 0 Å². The van der Waals surface area contributed by atoms with Crippen LogP contribution < -0.4 is 5.32 Å². The Hall–Kier alpha value is -1.80. The molecule has 2 heteroatoms. The highest BCUT2D eigenvalue weighted by molar-refractivity contribution is 5.51. The second-order valence-corrected chi connectivity index (χ2v) is 5.06. The van der Waals surface area contributed by atoms with Crippen molar-refractivity contribution >= 4 is 5.69 Å². The van der Waals surface area contributed by atoms with Crippen molar-refractivity contribution in [3.8, 4) is 0 Å². The SMILES string of the molecule is CN(C)Cc1ccccc1NCCc1ccccc1. The monoisotopic (exact) mass is 254 g/mol. The Bertz CT molecular complexity index is 492. The molecule has 2 aromatic carbocycles. The van der Waals surface area contributed by atoms with Crippen LogP contribution in [0.4, 0.5) is 5.69 Å². The molecule has 100 valence electrons. The minimum absolute atomic E-state index is 0.967. The average Bonchev–Trinajstić information content (AvgIpc) is 2.41. The van der Waals surface area contributed by atoms with Crippen LogP contribution in [-0.4, -0.2) is 25.5 Å². The lowest BCUT2D eigenvalue weighted by atomic mass is 10.1. The average molecular weight is 254 g/mol. The molecule has 0 saturated carbocycles. The summed E-state index contributed by atoms with van der Waals surface area (Å²) < 4.78 is 0. The van der Waals surface area contributed by atoms with Gasteiger partial charge in [-0.05, 0) is 37.7 Å². The fraction of sp³-hybridized carbons (Fsp3) is 0.294. The minimum Gasteiger partial charge on any atom is -0.384 e. The van der Waals surface area contributed by atoms with E-state index in [1.54, 1.807) is 0 Å². The summed E-state index contributed by atoms with van der Waals surface area (Å²) in [6, 6.07) is 19.1. The molecule has 0 aliphatic heterocycles. The van der Waals surface area contributed by atoms with Gasteiger partial charge in [0, 0.05) is 18.8 Å². The molecule has 0 spiro atoms. The fourth-order valence-electron chi connectivity index (χ4n) is 2.16. The Kier molecular flexibility index (Phi) is 4.99. The van der Waals surface area contributed by atoms with E-state index in [1.807, 2.05) is 0 Å². The van der Waals surface area contributed by atoms with Crippen molar-refractivity contribution in [3.05, 3.63) is 65.7 Å². The molecule has 0 atom stereocenters. The first-order chi connectivity index (χ1) is 9.25. The lowest BCUT2D eigenvalue weighted by molar-refractivity contribution is 0.403. The number of hydrogen-bond donors (Lipinski definition) is 1. The second-order valence-electron chi connectivity index (χ2n) is 5.06. The maximum Gasteiger partial charge on any atom is 0.0385 e. The van der Waals surface area contributed by atoms with Gasteiger partial charge < -0.3 is 10.2 Å². The third-order valence-electron chi connectivity index (χ3n) is 3.08. The van der Waals surface area contributed by atoms with Crippen molar-refractivity contribution in [1.82, 2.24) is 4.90 Å². The summed E-state index contributed by atoms with van der Waals surface area (Å²) in [6.07, 6.45) is 1.05. The maximum absolute atomic E-state index is 3.54. The van der Waals surface area contributed by atoms with Gasteiger partial charge in [-0.3, -0.25) is 0 Å². The Balaban J connectivity index is 1.92. The summed E-state index contributed by atoms with van der Waals surface area (Å²) >= 11 is 0. The van der Waals surface area contributed by atoms with Gasteiger partial charge in [0.15, 0.2) is 0 Å². The van der Waals surface area contributed by atoms with Gasteiger partial charge in [0.1, 0.15) is 0 Å². The lowest BCUT2D eigenvalue weighted by Gasteiger charge is -2.15. The third-order valence-corrected chi connectivity index (χ3v) is 3.08. The number of para-hydroxylation sites is 1. The molecule has 0 radical (unpaired) electrons. The fourth-order valence-corrected chi connectivity index (χ4v) is 2.16. The molecule has 2 rings (SSSR count). The van der Waals surface area contributed by atoms with E-state index in [1.165, 1.54) is 16.8 Å². The summed E-state index contributed by atoms with van der Waals surface area (Å²) in [5, 5.41) is 3.54. The van der Waals surface area contributed by atoms with Gasteiger partial charge in [0.2, 0.25) is 0 Å². The van der Waals surface area contributed by atoms with Crippen LogP contribution in [0.25, 0.3) is 0 Å². The molecule has 1 N–H and O–H groups in total. The number of benzene rings is 2. The zero-order chi connectivity index (χ0) is 13.5. The van der Waals surface area contributed by atoms with Gasteiger partial charge in [0.25, 0.3) is 0 Å². The standard InChI is InChI=1S/C17H22N2/c1-19(2)14-16-10-6-7-11-17(16)18-13-12-15-8-4-3-5-9-15/h3-11,18H,12-14H2,1-2H3. The Morgan fingerprint density at radius 1 is 0.895 bits per heavy atom. The van der Waals surface area contributed by atoms with Crippen LogP contribution in [0.15, 0.2) is 54.6 Å². The van der Waals surface area contributed by atoms with Gasteiger partial charge in [-0.2, -0.15) is 0 Å². The van der Waals surface area contributed by atoms with Crippen molar-refractivity contribution < 1.29 is 0 Å². The van der Waals surface area contributed by atoms with Crippen LogP contribution in [0.5, 0.6) is 0 Å². The first-order valence-electron chi connectivity index (χ1n) is 6.76. The highest BCUT2D eigenvalue weighted by Gasteiger charge is 2.02. The summed E-state index contributed by atoms with van der Waals surface area (Å²) in [5.41, 5.74) is 3.97. The van der Waals surface area contributed by atoms with E-state index in [-0.39, 0.29) is 0 Å². The molecule has 0 heterocycles. The van der Waals surface area contributed by atoms with Crippen LogP contribution in [0.3, 0.4) is 0 Å². The third kappa shape index (κ3) is 4.42. The number of anilines is 1. The van der Waals surface area contributed by atoms with E-state index >= 15 is 0 Å². The molecular formula is C17H22N2. The summed E-state index contributed by atoms with van der Waals surface area (Å²) in [4.78, 5) is 2.19. The van der Waals surface area contributed by atoms with Crippen molar-refractivity contribution in [1.29, 1.82) is 0 Å². The molecule has 2 aromatic rings. The smallest absolute Gasteiger partial charge is 0.0385 e. The Morgan fingerprint density at radius 2 is 1.58 bits per heavy atom. The molecular weight excluding hydrogens is 232 g/mol. The van der Waals surface area contributed by atoms with E-state index in [4.69, 9.17) is 0 Å². The van der Waals surface area contributed by atoms with Gasteiger partial charge in [-0.1, -0.05) is 48.5 Å². The molecule has 0 fully saturated rings. The number of rotatable bonds is 6. The molecule has 2 nitrogen and oxygen atoms in total. The van der Waals surface area contributed by atoms with Gasteiger partial charge in [-0.15, -0.1) is 0 Å². The molecule has 0 aliphatic carbocycles. The molecule has 0 saturated heterocycles. The van der Waals surface area contributed by atoms with Gasteiger partial charge in [-0.25, -0.2) is 0 Å². The van der Waals surface area contributed by atoms with E-state index in [2.05, 4.69) is 78.9 Å². The summed E-state index contributed by atoms with van der Waals surface area (Å²) in [6.45, 7) is 1.93. The summed E-state index contributed by atoms with van der Waals surface area (Å²) in [5.74, 6) is 0. The maximum atomic E-state index is 3.54. The molecule has 0 bridgehead atoms. The normalized spacial score (nSPS) is 10.7. The highest BCUT2D eigenvalue weighted by atomic mass is 15.1. The molecule has 0 aliphatic rings. The van der Waals surface area contributed by atoms with Crippen LogP contribution in [-0.2, 0) is 13.0 Å². The summed E-state index contributed by atoms with van der Waals surface area (Å²) in [7, 11) is 4.20. The van der Waals surface area contributed by atoms with Crippen molar-refractivity contribution in [3.63, 3.8) is 0 Å². The number of hydrogen-bond acceptors (Lipinski definition) is 2. The first-order valence-corrected chi connectivity index (χ1v) is 6.76. The number of nitrogens with one attached hydrogen (secondary N) is 1. The minimum atomic E-state index is 0.967. The highest BCUT2D eigenvalue weighted by Crippen LogP contribution is 2.16. The van der Waals surface area contributed by atoms with Crippen molar-refractivity contribution in [2.24, 2.45) is 0 Å². The van der Waals surface area contributed by atoms with Crippen molar-refractivity contribution in [2.45, 2.75) is 13.0 Å². The zero-order valence-electron chi connectivity index (χ0n) is 11.8. The van der Waals surface area contributed by atoms with Gasteiger partial charge in [0.05, 0.1) is 0 Å². The first kappa shape index (κ1) is 13.6. The van der Waals surface area contributed by atoms with E-state index < -0.39 is 0 Å². The number of nitrogens with zero attached hydrogens (tertiary/aromatic N) is 1. The predicted octanol–water partition coefficient (Wildman–Crippen LogP) is 3.40.